The Balaban J connectivity index is 1.29. The number of imidazole rings is 1. The summed E-state index contributed by atoms with van der Waals surface area (Å²) in [4.78, 5) is 33.8. The van der Waals surface area contributed by atoms with Crippen LogP contribution in [0.2, 0.25) is 0 Å². The number of aromatic nitrogens is 3. The molecule has 5 aromatic rings. The van der Waals surface area contributed by atoms with Crippen LogP contribution in [0.3, 0.4) is 0 Å². The van der Waals surface area contributed by atoms with E-state index in [1.165, 1.54) is 6.20 Å². The van der Waals surface area contributed by atoms with E-state index in [4.69, 9.17) is 4.98 Å². The van der Waals surface area contributed by atoms with Crippen LogP contribution in [-0.4, -0.2) is 26.3 Å². The highest BCUT2D eigenvalue weighted by Crippen LogP contribution is 2.25. The van der Waals surface area contributed by atoms with Crippen molar-refractivity contribution in [3.8, 4) is 11.4 Å². The van der Waals surface area contributed by atoms with Gasteiger partial charge in [0.05, 0.1) is 16.6 Å². The van der Waals surface area contributed by atoms with Gasteiger partial charge >= 0.3 is 0 Å². The maximum atomic E-state index is 12.8. The zero-order valence-electron chi connectivity index (χ0n) is 18.4. The van der Waals surface area contributed by atoms with Crippen LogP contribution in [0.5, 0.6) is 0 Å². The molecule has 166 valence electrons. The molecule has 3 aromatic carbocycles. The predicted octanol–water partition coefficient (Wildman–Crippen LogP) is 5.14. The van der Waals surface area contributed by atoms with E-state index in [1.807, 2.05) is 60.1 Å². The molecule has 0 radical (unpaired) electrons. The summed E-state index contributed by atoms with van der Waals surface area (Å²) in [7, 11) is 1.99. The van der Waals surface area contributed by atoms with E-state index in [0.29, 0.717) is 22.5 Å². The molecule has 0 fully saturated rings. The number of aryl methyl sites for hydroxylation is 1. The number of para-hydroxylation sites is 2. The summed E-state index contributed by atoms with van der Waals surface area (Å²) >= 11 is 0. The van der Waals surface area contributed by atoms with Crippen molar-refractivity contribution < 1.29 is 9.59 Å². The molecule has 5 rings (SSSR count). The first-order valence-corrected chi connectivity index (χ1v) is 10.7. The molecular weight excluding hydrogens is 426 g/mol. The van der Waals surface area contributed by atoms with Gasteiger partial charge in [-0.1, -0.05) is 18.2 Å². The summed E-state index contributed by atoms with van der Waals surface area (Å²) in [6, 6.07) is 25.7. The number of fused-ring (bicyclic) bond motifs is 1. The van der Waals surface area contributed by atoms with Crippen LogP contribution in [-0.2, 0) is 7.05 Å². The largest absolute Gasteiger partial charge is 0.327 e. The van der Waals surface area contributed by atoms with Crippen molar-refractivity contribution in [1.82, 2.24) is 14.5 Å². The van der Waals surface area contributed by atoms with Crippen molar-refractivity contribution >= 4 is 34.2 Å². The molecule has 0 atom stereocenters. The summed E-state index contributed by atoms with van der Waals surface area (Å²) < 4.78 is 2.05. The van der Waals surface area contributed by atoms with Crippen molar-refractivity contribution in [3.05, 3.63) is 108 Å². The zero-order valence-corrected chi connectivity index (χ0v) is 18.4. The van der Waals surface area contributed by atoms with Crippen molar-refractivity contribution in [1.29, 1.82) is 0 Å². The third kappa shape index (κ3) is 4.27. The second-order valence-electron chi connectivity index (χ2n) is 7.79. The fraction of sp³-hybridized carbons (Fsp3) is 0.0370. The number of anilines is 2. The average Bonchev–Trinajstić information content (AvgIpc) is 3.21. The molecule has 0 saturated carbocycles. The first kappa shape index (κ1) is 21.1. The number of hydrogen-bond acceptors (Lipinski definition) is 4. The van der Waals surface area contributed by atoms with Gasteiger partial charge in [-0.05, 0) is 66.7 Å². The third-order valence-corrected chi connectivity index (χ3v) is 5.49. The maximum Gasteiger partial charge on any atom is 0.257 e. The number of benzene rings is 3. The molecule has 34 heavy (non-hydrogen) atoms. The predicted molar refractivity (Wildman–Crippen MR) is 133 cm³/mol. The Kier molecular flexibility index (Phi) is 5.58. The minimum absolute atomic E-state index is 0.270. The number of rotatable bonds is 5. The monoisotopic (exact) mass is 447 g/mol. The molecule has 2 N–H and O–H groups in total. The molecular formula is C27H21N5O2. The number of carbonyl (C=O) groups is 2. The molecule has 2 amide bonds. The van der Waals surface area contributed by atoms with Gasteiger partial charge < -0.3 is 15.2 Å². The van der Waals surface area contributed by atoms with E-state index in [0.717, 1.165) is 22.4 Å². The number of nitrogens with zero attached hydrogens (tertiary/aromatic N) is 3. The number of carbonyl (C=O) groups excluding carboxylic acids is 2. The average molecular weight is 447 g/mol. The summed E-state index contributed by atoms with van der Waals surface area (Å²) in [5.41, 5.74) is 5.02. The smallest absolute Gasteiger partial charge is 0.257 e. The van der Waals surface area contributed by atoms with Gasteiger partial charge in [-0.3, -0.25) is 14.6 Å². The number of amides is 2. The normalized spacial score (nSPS) is 10.7. The molecule has 0 spiro atoms. The van der Waals surface area contributed by atoms with Crippen molar-refractivity contribution in [2.24, 2.45) is 7.05 Å². The SMILES string of the molecule is Cn1c(-c2ccc(NC(=O)c3cccc(NC(=O)c4cccnc4)c3)cc2)nc2ccccc21. The van der Waals surface area contributed by atoms with Crippen LogP contribution >= 0.6 is 0 Å². The van der Waals surface area contributed by atoms with Gasteiger partial charge in [-0.25, -0.2) is 4.98 Å². The van der Waals surface area contributed by atoms with E-state index < -0.39 is 0 Å². The number of hydrogen-bond donors (Lipinski definition) is 2. The van der Waals surface area contributed by atoms with Crippen LogP contribution in [0, 0.1) is 0 Å². The van der Waals surface area contributed by atoms with E-state index in [-0.39, 0.29) is 11.8 Å². The first-order valence-electron chi connectivity index (χ1n) is 10.7. The standard InChI is InChI=1S/C27H21N5O2/c1-32-24-10-3-2-9-23(24)31-25(32)18-11-13-21(14-12-18)29-26(33)19-6-4-8-22(16-19)30-27(34)20-7-5-15-28-17-20/h2-17H,1H3,(H,29,33)(H,30,34). The Morgan fingerprint density at radius 1 is 0.765 bits per heavy atom. The fourth-order valence-electron chi connectivity index (χ4n) is 3.75. The highest BCUT2D eigenvalue weighted by molar-refractivity contribution is 6.07. The van der Waals surface area contributed by atoms with Crippen LogP contribution in [0.15, 0.2) is 97.3 Å². The molecule has 0 aliphatic carbocycles. The van der Waals surface area contributed by atoms with E-state index >= 15 is 0 Å². The lowest BCUT2D eigenvalue weighted by Crippen LogP contribution is -2.14. The molecule has 0 aliphatic heterocycles. The third-order valence-electron chi connectivity index (χ3n) is 5.49. The summed E-state index contributed by atoms with van der Waals surface area (Å²) in [6.07, 6.45) is 3.09. The molecule has 0 unspecified atom stereocenters. The quantitative estimate of drug-likeness (QED) is 0.390. The number of nitrogens with one attached hydrogen (secondary N) is 2. The Morgan fingerprint density at radius 2 is 1.50 bits per heavy atom. The Labute approximate surface area is 196 Å². The van der Waals surface area contributed by atoms with E-state index in [9.17, 15) is 9.59 Å². The van der Waals surface area contributed by atoms with Crippen molar-refractivity contribution in [3.63, 3.8) is 0 Å². The van der Waals surface area contributed by atoms with Gasteiger partial charge in [0.15, 0.2) is 0 Å². The molecule has 7 nitrogen and oxygen atoms in total. The van der Waals surface area contributed by atoms with Gasteiger partial charge in [-0.2, -0.15) is 0 Å². The molecule has 2 aromatic heterocycles. The number of pyridine rings is 1. The van der Waals surface area contributed by atoms with E-state index in [1.54, 1.807) is 42.6 Å². The Bertz CT molecular complexity index is 1490. The van der Waals surface area contributed by atoms with Gasteiger partial charge in [0, 0.05) is 41.9 Å². The van der Waals surface area contributed by atoms with Crippen LogP contribution in [0.4, 0.5) is 11.4 Å². The first-order chi connectivity index (χ1) is 16.6. The summed E-state index contributed by atoms with van der Waals surface area (Å²) in [6.45, 7) is 0. The van der Waals surface area contributed by atoms with Gasteiger partial charge in [0.1, 0.15) is 5.82 Å². The molecule has 0 bridgehead atoms. The highest BCUT2D eigenvalue weighted by Gasteiger charge is 2.12. The van der Waals surface area contributed by atoms with Crippen LogP contribution in [0.25, 0.3) is 22.4 Å². The topological polar surface area (TPSA) is 88.9 Å². The summed E-state index contributed by atoms with van der Waals surface area (Å²) in [5, 5.41) is 5.69. The molecule has 0 saturated heterocycles. The summed E-state index contributed by atoms with van der Waals surface area (Å²) in [5.74, 6) is 0.298. The molecule has 7 heteroatoms. The van der Waals surface area contributed by atoms with Crippen LogP contribution < -0.4 is 10.6 Å². The van der Waals surface area contributed by atoms with Crippen molar-refractivity contribution in [2.75, 3.05) is 10.6 Å². The Hall–Kier alpha value is -4.78. The zero-order chi connectivity index (χ0) is 23.5. The minimum atomic E-state index is -0.289. The molecule has 0 aliphatic rings. The van der Waals surface area contributed by atoms with Crippen molar-refractivity contribution in [2.45, 2.75) is 0 Å². The second-order valence-corrected chi connectivity index (χ2v) is 7.79. The lowest BCUT2D eigenvalue weighted by atomic mass is 10.1. The lowest BCUT2D eigenvalue weighted by molar-refractivity contribution is 0.101. The fourth-order valence-corrected chi connectivity index (χ4v) is 3.75. The van der Waals surface area contributed by atoms with Crippen LogP contribution in [0.1, 0.15) is 20.7 Å². The Morgan fingerprint density at radius 3 is 2.26 bits per heavy atom. The van der Waals surface area contributed by atoms with Gasteiger partial charge in [0.2, 0.25) is 0 Å². The molecule has 2 heterocycles. The lowest BCUT2D eigenvalue weighted by Gasteiger charge is -2.09. The van der Waals surface area contributed by atoms with E-state index in [2.05, 4.69) is 15.6 Å². The highest BCUT2D eigenvalue weighted by atomic mass is 16.2. The maximum absolute atomic E-state index is 12.8. The second kappa shape index (κ2) is 8.99. The van der Waals surface area contributed by atoms with Gasteiger partial charge in [-0.15, -0.1) is 0 Å². The minimum Gasteiger partial charge on any atom is -0.327 e. The van der Waals surface area contributed by atoms with Gasteiger partial charge in [0.25, 0.3) is 11.8 Å².